The van der Waals surface area contributed by atoms with Crippen LogP contribution in [0.25, 0.3) is 0 Å². The van der Waals surface area contributed by atoms with Crippen LogP contribution in [0.1, 0.15) is 27.5 Å². The van der Waals surface area contributed by atoms with Crippen LogP contribution in [0.4, 0.5) is 4.39 Å². The Bertz CT molecular complexity index is 1050. The monoisotopic (exact) mass is 454 g/mol. The number of Topliss-reactive ketones (excluding diaryl/α,β-unsaturated/α-hetero) is 2. The van der Waals surface area contributed by atoms with Crippen LogP contribution >= 0.6 is 0 Å². The quantitative estimate of drug-likeness (QED) is 0.363. The maximum absolute atomic E-state index is 13.6. The van der Waals surface area contributed by atoms with Crippen LogP contribution in [0.2, 0.25) is 0 Å². The van der Waals surface area contributed by atoms with Crippen LogP contribution in [0.3, 0.4) is 0 Å². The molecule has 0 spiro atoms. The highest BCUT2D eigenvalue weighted by Gasteiger charge is 2.51. The Labute approximate surface area is 192 Å². The van der Waals surface area contributed by atoms with Gasteiger partial charge in [-0.1, -0.05) is 12.1 Å². The van der Waals surface area contributed by atoms with Crippen molar-refractivity contribution < 1.29 is 28.2 Å². The minimum atomic E-state index is -1.19. The maximum Gasteiger partial charge on any atom is 0.291 e. The number of carbonyl (C=O) groups excluding carboxylic acids is 3. The fourth-order valence-electron chi connectivity index (χ4n) is 4.54. The molecule has 2 heterocycles. The molecule has 0 aliphatic carbocycles. The molecule has 2 aliphatic rings. The number of nitrogens with zero attached hydrogens (tertiary/aromatic N) is 2. The number of amides is 1. The lowest BCUT2D eigenvalue weighted by Gasteiger charge is -2.31. The van der Waals surface area contributed by atoms with E-state index in [2.05, 4.69) is 4.90 Å². The highest BCUT2D eigenvalue weighted by molar-refractivity contribution is 6.44. The molecular formula is C25H27FN2O5. The molecule has 0 radical (unpaired) electrons. The Morgan fingerprint density at radius 3 is 2.42 bits per heavy atom. The van der Waals surface area contributed by atoms with Gasteiger partial charge in [-0.05, 0) is 48.4 Å². The average Bonchev–Trinajstić information content (AvgIpc) is 3.08. The van der Waals surface area contributed by atoms with E-state index in [4.69, 9.17) is 9.47 Å². The highest BCUT2D eigenvalue weighted by atomic mass is 19.1. The van der Waals surface area contributed by atoms with Gasteiger partial charge in [0.1, 0.15) is 17.5 Å². The minimum absolute atomic E-state index is 0.290. The van der Waals surface area contributed by atoms with Gasteiger partial charge in [-0.2, -0.15) is 0 Å². The lowest BCUT2D eigenvalue weighted by molar-refractivity contribution is -0.141. The van der Waals surface area contributed by atoms with E-state index in [9.17, 15) is 18.8 Å². The minimum Gasteiger partial charge on any atom is -0.497 e. The van der Waals surface area contributed by atoms with Crippen molar-refractivity contribution in [3.8, 4) is 5.75 Å². The molecule has 33 heavy (non-hydrogen) atoms. The number of morpholine rings is 1. The summed E-state index contributed by atoms with van der Waals surface area (Å²) in [5.41, 5.74) is 1.58. The summed E-state index contributed by atoms with van der Waals surface area (Å²) >= 11 is 0. The number of benzene rings is 2. The summed E-state index contributed by atoms with van der Waals surface area (Å²) in [6, 6.07) is 9.84. The second kappa shape index (κ2) is 9.80. The van der Waals surface area contributed by atoms with Crippen molar-refractivity contribution in [3.63, 3.8) is 0 Å². The molecule has 2 saturated heterocycles. The van der Waals surface area contributed by atoms with Crippen molar-refractivity contribution in [2.75, 3.05) is 46.5 Å². The second-order valence-corrected chi connectivity index (χ2v) is 8.34. The summed E-state index contributed by atoms with van der Waals surface area (Å²) in [7, 11) is 1.53. The van der Waals surface area contributed by atoms with Gasteiger partial charge < -0.3 is 14.4 Å². The van der Waals surface area contributed by atoms with E-state index in [0.717, 1.165) is 13.1 Å². The number of ether oxygens (including phenoxy) is 2. The second-order valence-electron chi connectivity index (χ2n) is 8.34. The largest absolute Gasteiger partial charge is 0.497 e. The molecule has 0 bridgehead atoms. The number of halogens is 1. The summed E-state index contributed by atoms with van der Waals surface area (Å²) in [5.74, 6) is -2.85. The van der Waals surface area contributed by atoms with Crippen molar-refractivity contribution in [1.29, 1.82) is 0 Å². The Hall–Kier alpha value is -3.10. The molecule has 2 aromatic carbocycles. The summed E-state index contributed by atoms with van der Waals surface area (Å²) in [6.45, 7) is 5.33. The van der Waals surface area contributed by atoms with Gasteiger partial charge in [0, 0.05) is 31.7 Å². The van der Waals surface area contributed by atoms with Crippen molar-refractivity contribution in [1.82, 2.24) is 9.80 Å². The lowest BCUT2D eigenvalue weighted by atomic mass is 9.85. The number of rotatable bonds is 7. The first-order valence-corrected chi connectivity index (χ1v) is 11.0. The smallest absolute Gasteiger partial charge is 0.291 e. The number of aryl methyl sites for hydroxylation is 1. The number of carbonyl (C=O) groups is 3. The molecule has 2 fully saturated rings. The fraction of sp³-hybridized carbons (Fsp3) is 0.400. The van der Waals surface area contributed by atoms with E-state index in [1.165, 1.54) is 36.3 Å². The van der Waals surface area contributed by atoms with Gasteiger partial charge in [0.05, 0.1) is 26.4 Å². The first kappa shape index (κ1) is 23.1. The molecule has 2 atom stereocenters. The molecule has 7 nitrogen and oxygen atoms in total. The van der Waals surface area contributed by atoms with E-state index >= 15 is 0 Å². The van der Waals surface area contributed by atoms with Gasteiger partial charge in [-0.25, -0.2) is 4.39 Å². The predicted molar refractivity (Wildman–Crippen MR) is 119 cm³/mol. The van der Waals surface area contributed by atoms with Crippen LogP contribution in [0, 0.1) is 18.7 Å². The summed E-state index contributed by atoms with van der Waals surface area (Å²) in [6.07, 6.45) is 0. The van der Waals surface area contributed by atoms with Crippen molar-refractivity contribution >= 4 is 17.5 Å². The Kier molecular flexibility index (Phi) is 6.85. The van der Waals surface area contributed by atoms with E-state index in [-0.39, 0.29) is 6.54 Å². The third kappa shape index (κ3) is 4.67. The van der Waals surface area contributed by atoms with Crippen LogP contribution in [0.5, 0.6) is 5.75 Å². The Morgan fingerprint density at radius 2 is 1.79 bits per heavy atom. The van der Waals surface area contributed by atoms with Crippen molar-refractivity contribution in [2.24, 2.45) is 5.92 Å². The number of ketones is 2. The summed E-state index contributed by atoms with van der Waals surface area (Å²) < 4.78 is 24.2. The topological polar surface area (TPSA) is 76.2 Å². The van der Waals surface area contributed by atoms with Gasteiger partial charge in [0.25, 0.3) is 5.91 Å². The first-order chi connectivity index (χ1) is 15.9. The van der Waals surface area contributed by atoms with Crippen LogP contribution in [-0.4, -0.2) is 73.8 Å². The zero-order chi connectivity index (χ0) is 23.5. The van der Waals surface area contributed by atoms with Gasteiger partial charge in [0.2, 0.25) is 5.78 Å². The zero-order valence-corrected chi connectivity index (χ0v) is 18.8. The average molecular weight is 454 g/mol. The van der Waals surface area contributed by atoms with Crippen LogP contribution in [-0.2, 0) is 14.3 Å². The number of likely N-dealkylation sites (tertiary alicyclic amines) is 1. The molecule has 174 valence electrons. The van der Waals surface area contributed by atoms with Gasteiger partial charge in [-0.3, -0.25) is 19.3 Å². The molecule has 2 aromatic rings. The summed E-state index contributed by atoms with van der Waals surface area (Å²) in [4.78, 5) is 43.4. The third-order valence-corrected chi connectivity index (χ3v) is 6.36. The number of methoxy groups -OCH3 is 1. The maximum atomic E-state index is 13.6. The molecule has 0 aromatic heterocycles. The molecular weight excluding hydrogens is 427 g/mol. The molecule has 1 amide bonds. The normalized spacial score (nSPS) is 21.5. The van der Waals surface area contributed by atoms with Gasteiger partial charge in [0.15, 0.2) is 5.78 Å². The van der Waals surface area contributed by atoms with Crippen molar-refractivity contribution in [3.05, 3.63) is 65.0 Å². The molecule has 2 aliphatic heterocycles. The summed E-state index contributed by atoms with van der Waals surface area (Å²) in [5, 5.41) is 0. The van der Waals surface area contributed by atoms with Crippen molar-refractivity contribution in [2.45, 2.75) is 13.0 Å². The molecule has 4 rings (SSSR count). The van der Waals surface area contributed by atoms with Crippen LogP contribution < -0.4 is 4.74 Å². The standard InChI is InChI=1S/C25H27FN2O5/c1-16-15-19(32-2)7-8-20(16)23(29)21-22(17-3-5-18(26)6-4-17)28(25(31)24(21)30)10-9-27-11-13-33-14-12-27/h3-8,15,21-22H,9-14H2,1-2H3. The number of hydrogen-bond acceptors (Lipinski definition) is 6. The third-order valence-electron chi connectivity index (χ3n) is 6.36. The predicted octanol–water partition coefficient (Wildman–Crippen LogP) is 2.43. The van der Waals surface area contributed by atoms with E-state index < -0.39 is 35.3 Å². The highest BCUT2D eigenvalue weighted by Crippen LogP contribution is 2.38. The van der Waals surface area contributed by atoms with E-state index in [1.807, 2.05) is 0 Å². The lowest BCUT2D eigenvalue weighted by Crippen LogP contribution is -2.42. The van der Waals surface area contributed by atoms with Crippen LogP contribution in [0.15, 0.2) is 42.5 Å². The number of hydrogen-bond donors (Lipinski definition) is 0. The van der Waals surface area contributed by atoms with E-state index in [1.54, 1.807) is 25.1 Å². The van der Waals surface area contributed by atoms with Gasteiger partial charge in [-0.15, -0.1) is 0 Å². The zero-order valence-electron chi connectivity index (χ0n) is 18.8. The first-order valence-electron chi connectivity index (χ1n) is 11.0. The Morgan fingerprint density at radius 1 is 1.09 bits per heavy atom. The molecule has 2 unspecified atom stereocenters. The molecule has 0 saturated carbocycles. The fourth-order valence-corrected chi connectivity index (χ4v) is 4.54. The van der Waals surface area contributed by atoms with Gasteiger partial charge >= 0.3 is 0 Å². The van der Waals surface area contributed by atoms with E-state index in [0.29, 0.717) is 42.2 Å². The molecule has 0 N–H and O–H groups in total. The SMILES string of the molecule is COc1ccc(C(=O)C2C(=O)C(=O)N(CCN3CCOCC3)C2c2ccc(F)cc2)c(C)c1. The Balaban J connectivity index is 1.67. The molecule has 8 heteroatoms.